The molecule has 0 fully saturated rings. The monoisotopic (exact) mass is 759 g/mol. The zero-order valence-corrected chi connectivity index (χ0v) is 36.1. The van der Waals surface area contributed by atoms with Gasteiger partial charge in [0, 0.05) is 12.8 Å². The Morgan fingerprint density at radius 1 is 0.655 bits per heavy atom. The van der Waals surface area contributed by atoms with Gasteiger partial charge >= 0.3 is 0 Å². The van der Waals surface area contributed by atoms with E-state index in [4.69, 9.17) is 0 Å². The van der Waals surface area contributed by atoms with E-state index in [9.17, 15) is 0 Å². The molecule has 1 heteroatoms. The zero-order chi connectivity index (χ0) is 41.4. The van der Waals surface area contributed by atoms with Gasteiger partial charge in [-0.25, -0.2) is 0 Å². The summed E-state index contributed by atoms with van der Waals surface area (Å²) in [6.07, 6.45) is 21.9. The summed E-state index contributed by atoms with van der Waals surface area (Å²) in [7, 11) is 1.86. The number of aliphatic imine (C=N–C) groups is 1. The first-order valence-electron chi connectivity index (χ1n) is 21.0. The predicted octanol–water partition coefficient (Wildman–Crippen LogP) is 15.9. The average molecular weight is 760 g/mol. The smallest absolute Gasteiger partial charge is 0.0386 e. The highest BCUT2D eigenvalue weighted by atomic mass is 14.7. The van der Waals surface area contributed by atoms with Crippen LogP contribution in [0.1, 0.15) is 93.3 Å². The van der Waals surface area contributed by atoms with E-state index in [0.29, 0.717) is 0 Å². The van der Waals surface area contributed by atoms with Crippen molar-refractivity contribution < 1.29 is 0 Å². The van der Waals surface area contributed by atoms with Crippen LogP contribution in [0, 0.1) is 6.92 Å². The summed E-state index contributed by atoms with van der Waals surface area (Å²) in [6, 6.07) is 41.8. The normalized spacial score (nSPS) is 13.7. The Labute approximate surface area is 350 Å². The van der Waals surface area contributed by atoms with Gasteiger partial charge in [0.2, 0.25) is 0 Å². The van der Waals surface area contributed by atoms with Crippen molar-refractivity contribution in [1.29, 1.82) is 0 Å². The molecule has 0 heterocycles. The molecule has 0 amide bonds. The van der Waals surface area contributed by atoms with Crippen LogP contribution in [0.4, 0.5) is 0 Å². The molecule has 1 nitrogen and oxygen atoms in total. The Hall–Kier alpha value is -6.05. The summed E-state index contributed by atoms with van der Waals surface area (Å²) in [6.45, 7) is 18.8. The summed E-state index contributed by atoms with van der Waals surface area (Å²) >= 11 is 0. The molecule has 5 aromatic carbocycles. The number of hydrogen-bond donors (Lipinski definition) is 0. The lowest BCUT2D eigenvalue weighted by molar-refractivity contribution is 1.03. The molecule has 294 valence electrons. The van der Waals surface area contributed by atoms with E-state index < -0.39 is 0 Å². The third kappa shape index (κ3) is 10.5. The third-order valence-corrected chi connectivity index (χ3v) is 10.9. The van der Waals surface area contributed by atoms with E-state index in [2.05, 4.69) is 192 Å². The topological polar surface area (TPSA) is 12.4 Å². The molecule has 0 bridgehead atoms. The van der Waals surface area contributed by atoms with Gasteiger partial charge in [0.1, 0.15) is 0 Å². The SMILES string of the molecule is C/C=C\C(=C1Cc2ccccc2C1)c1cccc(-c2ccc(-c3cc(C(C)=NC)cc(C(/C=C\C)=C/C)c3)cc2)c1C.C=C(C1=CCCC=C1)c1ccccc1.CC. The van der Waals surface area contributed by atoms with Crippen LogP contribution in [-0.4, -0.2) is 12.8 Å². The first-order chi connectivity index (χ1) is 28.3. The van der Waals surface area contributed by atoms with Gasteiger partial charge in [-0.1, -0.05) is 172 Å². The van der Waals surface area contributed by atoms with E-state index in [1.807, 2.05) is 39.1 Å². The minimum absolute atomic E-state index is 1.03. The molecule has 0 atom stereocenters. The standard InChI is InChI=1S/C41H41N.C14H14.C2H6/c1-7-13-30(9-3)36-25-35(29(5)42-6)26-37(27-36)31-19-21-32(22-20-31)39-17-12-18-40(28(39)4)41(14-8-2)38-23-33-15-10-11-16-34(33)24-38;1-12(13-8-4-2-5-9-13)14-10-6-3-7-11-14;1-2/h7-22,25-27H,23-24H2,1-6H3;2,4-6,8-11H,1,3,7H2;1-2H3/b13-7-,14-8-,30-9+,42-29?;;. The maximum Gasteiger partial charge on any atom is 0.0386 e. The van der Waals surface area contributed by atoms with Crippen LogP contribution < -0.4 is 0 Å². The lowest BCUT2D eigenvalue weighted by Crippen LogP contribution is -1.97. The second-order valence-corrected chi connectivity index (χ2v) is 14.5. The van der Waals surface area contributed by atoms with Crippen LogP contribution in [0.15, 0.2) is 187 Å². The van der Waals surface area contributed by atoms with Crippen molar-refractivity contribution in [3.8, 4) is 22.3 Å². The largest absolute Gasteiger partial charge is 0.293 e. The molecule has 2 aliphatic rings. The van der Waals surface area contributed by atoms with Crippen LogP contribution in [0.25, 0.3) is 39.0 Å². The lowest BCUT2D eigenvalue weighted by Gasteiger charge is -2.16. The molecule has 58 heavy (non-hydrogen) atoms. The van der Waals surface area contributed by atoms with Gasteiger partial charge < -0.3 is 0 Å². The first kappa shape index (κ1) is 43.1. The summed E-state index contributed by atoms with van der Waals surface area (Å²) in [5.74, 6) is 0. The summed E-state index contributed by atoms with van der Waals surface area (Å²) in [5, 5.41) is 0. The van der Waals surface area contributed by atoms with Crippen molar-refractivity contribution in [2.45, 2.75) is 74.1 Å². The molecule has 0 aromatic heterocycles. The Bertz CT molecular complexity index is 2370. The Balaban J connectivity index is 0.000000334. The molecule has 0 spiro atoms. The van der Waals surface area contributed by atoms with Gasteiger partial charge in [-0.15, -0.1) is 0 Å². The molecule has 2 aliphatic carbocycles. The second-order valence-electron chi connectivity index (χ2n) is 14.5. The number of allylic oxidation sites excluding steroid dienone is 13. The maximum atomic E-state index is 4.48. The Morgan fingerprint density at radius 3 is 1.90 bits per heavy atom. The summed E-state index contributed by atoms with van der Waals surface area (Å²) in [5.41, 5.74) is 21.6. The third-order valence-electron chi connectivity index (χ3n) is 10.9. The van der Waals surface area contributed by atoms with Gasteiger partial charge in [-0.2, -0.15) is 0 Å². The highest BCUT2D eigenvalue weighted by Gasteiger charge is 2.20. The minimum Gasteiger partial charge on any atom is -0.293 e. The molecule has 5 aromatic rings. The minimum atomic E-state index is 1.03. The molecular weight excluding hydrogens is 699 g/mol. The van der Waals surface area contributed by atoms with Gasteiger partial charge in [0.15, 0.2) is 0 Å². The van der Waals surface area contributed by atoms with E-state index in [1.165, 1.54) is 77.9 Å². The fourth-order valence-corrected chi connectivity index (χ4v) is 7.74. The van der Waals surface area contributed by atoms with Crippen LogP contribution in [0.5, 0.6) is 0 Å². The molecular formula is C57H61N. The quantitative estimate of drug-likeness (QED) is 0.105. The molecule has 0 aliphatic heterocycles. The number of rotatable bonds is 9. The van der Waals surface area contributed by atoms with Crippen molar-refractivity contribution in [1.82, 2.24) is 0 Å². The summed E-state index contributed by atoms with van der Waals surface area (Å²) in [4.78, 5) is 4.48. The van der Waals surface area contributed by atoms with E-state index in [0.717, 1.165) is 42.5 Å². The summed E-state index contributed by atoms with van der Waals surface area (Å²) < 4.78 is 0. The second kappa shape index (κ2) is 21.5. The zero-order valence-electron chi connectivity index (χ0n) is 36.1. The average Bonchev–Trinajstić information content (AvgIpc) is 3.73. The number of fused-ring (bicyclic) bond motifs is 1. The van der Waals surface area contributed by atoms with E-state index in [1.54, 1.807) is 0 Å². The number of benzene rings is 5. The van der Waals surface area contributed by atoms with Crippen LogP contribution in [0.3, 0.4) is 0 Å². The van der Waals surface area contributed by atoms with Crippen LogP contribution in [-0.2, 0) is 12.8 Å². The first-order valence-corrected chi connectivity index (χ1v) is 21.0. The highest BCUT2D eigenvalue weighted by Crippen LogP contribution is 2.37. The molecule has 0 radical (unpaired) electrons. The molecule has 7 rings (SSSR count). The Kier molecular flexibility index (Phi) is 15.9. The predicted molar refractivity (Wildman–Crippen MR) is 258 cm³/mol. The lowest BCUT2D eigenvalue weighted by atomic mass is 9.88. The van der Waals surface area contributed by atoms with Crippen molar-refractivity contribution in [2.75, 3.05) is 7.05 Å². The number of hydrogen-bond acceptors (Lipinski definition) is 1. The van der Waals surface area contributed by atoms with E-state index in [-0.39, 0.29) is 0 Å². The number of nitrogens with zero attached hydrogens (tertiary/aromatic N) is 1. The molecule has 0 unspecified atom stereocenters. The maximum absolute atomic E-state index is 4.48. The van der Waals surface area contributed by atoms with Gasteiger partial charge in [0.05, 0.1) is 0 Å². The van der Waals surface area contributed by atoms with Crippen molar-refractivity contribution in [2.24, 2.45) is 4.99 Å². The Morgan fingerprint density at radius 2 is 1.29 bits per heavy atom. The van der Waals surface area contributed by atoms with Crippen molar-refractivity contribution >= 4 is 22.4 Å². The fourth-order valence-electron chi connectivity index (χ4n) is 7.74. The van der Waals surface area contributed by atoms with Gasteiger partial charge in [-0.3, -0.25) is 4.99 Å². The van der Waals surface area contributed by atoms with Crippen molar-refractivity contribution in [3.05, 3.63) is 221 Å². The molecule has 0 saturated carbocycles. The van der Waals surface area contributed by atoms with Crippen LogP contribution in [0.2, 0.25) is 0 Å². The van der Waals surface area contributed by atoms with Crippen molar-refractivity contribution in [3.63, 3.8) is 0 Å². The molecule has 0 saturated heterocycles. The molecule has 0 N–H and O–H groups in total. The van der Waals surface area contributed by atoms with Gasteiger partial charge in [-0.05, 0) is 162 Å². The van der Waals surface area contributed by atoms with Gasteiger partial charge in [0.25, 0.3) is 0 Å². The fraction of sp³-hybridized carbons (Fsp3) is 0.211. The van der Waals surface area contributed by atoms with E-state index >= 15 is 0 Å². The highest BCUT2D eigenvalue weighted by molar-refractivity contribution is 6.01. The van der Waals surface area contributed by atoms with Crippen LogP contribution >= 0.6 is 0 Å².